The second kappa shape index (κ2) is 8.73. The van der Waals surface area contributed by atoms with E-state index in [9.17, 15) is 8.42 Å². The topological polar surface area (TPSA) is 73.9 Å². The van der Waals surface area contributed by atoms with Gasteiger partial charge in [-0.1, -0.05) is 25.1 Å². The summed E-state index contributed by atoms with van der Waals surface area (Å²) in [7, 11) is -0.842. The molecule has 7 heteroatoms. The first-order valence-electron chi connectivity index (χ1n) is 7.94. The van der Waals surface area contributed by atoms with Gasteiger partial charge in [-0.3, -0.25) is 0 Å². The van der Waals surface area contributed by atoms with Crippen LogP contribution in [-0.4, -0.2) is 35.8 Å². The molecule has 136 valence electrons. The minimum atomic E-state index is -3.74. The van der Waals surface area contributed by atoms with Gasteiger partial charge in [-0.15, -0.1) is 0 Å². The van der Waals surface area contributed by atoms with Crippen molar-refractivity contribution in [2.45, 2.75) is 18.2 Å². The fourth-order valence-corrected chi connectivity index (χ4v) is 3.54. The van der Waals surface area contributed by atoms with E-state index in [0.717, 1.165) is 17.7 Å². The zero-order valence-electron chi connectivity index (χ0n) is 14.6. The lowest BCUT2D eigenvalue weighted by Crippen LogP contribution is -2.28. The van der Waals surface area contributed by atoms with Gasteiger partial charge >= 0.3 is 0 Å². The van der Waals surface area contributed by atoms with Gasteiger partial charge in [-0.25, -0.2) is 13.1 Å². The van der Waals surface area contributed by atoms with E-state index in [0.29, 0.717) is 5.75 Å². The van der Waals surface area contributed by atoms with Crippen molar-refractivity contribution < 1.29 is 22.6 Å². The molecule has 0 aliphatic rings. The number of methoxy groups -OCH3 is 2. The van der Waals surface area contributed by atoms with Crippen molar-refractivity contribution in [2.24, 2.45) is 0 Å². The van der Waals surface area contributed by atoms with E-state index in [1.807, 2.05) is 31.2 Å². The number of ether oxygens (including phenoxy) is 3. The van der Waals surface area contributed by atoms with Gasteiger partial charge in [-0.2, -0.15) is 0 Å². The summed E-state index contributed by atoms with van der Waals surface area (Å²) in [6.07, 6.45) is 0.850. The molecule has 0 atom stereocenters. The molecule has 6 nitrogen and oxygen atoms in total. The van der Waals surface area contributed by atoms with Gasteiger partial charge in [0.05, 0.1) is 14.2 Å². The van der Waals surface area contributed by atoms with Crippen molar-refractivity contribution in [3.8, 4) is 17.2 Å². The highest BCUT2D eigenvalue weighted by atomic mass is 32.2. The molecule has 0 saturated heterocycles. The number of hydrogen-bond donors (Lipinski definition) is 1. The summed E-state index contributed by atoms with van der Waals surface area (Å²) < 4.78 is 43.4. The van der Waals surface area contributed by atoms with E-state index in [-0.39, 0.29) is 23.8 Å². The summed E-state index contributed by atoms with van der Waals surface area (Å²) in [6, 6.07) is 12.3. The third-order valence-electron chi connectivity index (χ3n) is 3.67. The molecule has 0 unspecified atom stereocenters. The van der Waals surface area contributed by atoms with Gasteiger partial charge in [-0.05, 0) is 30.2 Å². The van der Waals surface area contributed by atoms with Crippen LogP contribution in [0.15, 0.2) is 47.4 Å². The maximum absolute atomic E-state index is 12.5. The van der Waals surface area contributed by atoms with Crippen molar-refractivity contribution in [3.05, 3.63) is 48.0 Å². The third-order valence-corrected chi connectivity index (χ3v) is 5.15. The highest BCUT2D eigenvalue weighted by Gasteiger charge is 2.20. The third kappa shape index (κ3) is 4.87. The van der Waals surface area contributed by atoms with Crippen molar-refractivity contribution in [3.63, 3.8) is 0 Å². The van der Waals surface area contributed by atoms with E-state index < -0.39 is 10.0 Å². The predicted molar refractivity (Wildman–Crippen MR) is 96.0 cm³/mol. The summed E-state index contributed by atoms with van der Waals surface area (Å²) in [6.45, 7) is 2.41. The summed E-state index contributed by atoms with van der Waals surface area (Å²) in [4.78, 5) is 0.0308. The lowest BCUT2D eigenvalue weighted by Gasteiger charge is -2.13. The lowest BCUT2D eigenvalue weighted by molar-refractivity contribution is 0.319. The largest absolute Gasteiger partial charge is 0.497 e. The molecule has 0 fully saturated rings. The molecule has 2 aromatic rings. The first kappa shape index (κ1) is 19.1. The second-order valence-corrected chi connectivity index (χ2v) is 6.96. The van der Waals surface area contributed by atoms with Crippen LogP contribution in [0.5, 0.6) is 17.2 Å². The molecule has 0 radical (unpaired) electrons. The fourth-order valence-electron chi connectivity index (χ4n) is 2.35. The van der Waals surface area contributed by atoms with E-state index >= 15 is 0 Å². The quantitative estimate of drug-likeness (QED) is 0.692. The number of sulfonamides is 1. The van der Waals surface area contributed by atoms with Crippen molar-refractivity contribution in [1.29, 1.82) is 0 Å². The van der Waals surface area contributed by atoms with Crippen LogP contribution < -0.4 is 18.9 Å². The number of nitrogens with one attached hydrogen (secondary N) is 1. The minimum Gasteiger partial charge on any atom is -0.497 e. The zero-order valence-corrected chi connectivity index (χ0v) is 15.4. The Bertz CT molecular complexity index is 805. The van der Waals surface area contributed by atoms with Crippen LogP contribution >= 0.6 is 0 Å². The number of hydrogen-bond acceptors (Lipinski definition) is 5. The van der Waals surface area contributed by atoms with E-state index in [2.05, 4.69) is 4.72 Å². The number of rotatable bonds is 9. The van der Waals surface area contributed by atoms with Crippen LogP contribution in [0, 0.1) is 0 Å². The molecule has 0 aliphatic carbocycles. The molecule has 0 amide bonds. The number of aryl methyl sites for hydroxylation is 1. The van der Waals surface area contributed by atoms with E-state index in [4.69, 9.17) is 14.2 Å². The standard InChI is InChI=1S/C18H23NO5S/c1-4-14-7-5-6-8-16(14)24-12-11-19-25(20,21)18-13-15(22-2)9-10-17(18)23-3/h5-10,13,19H,4,11-12H2,1-3H3. The van der Waals surface area contributed by atoms with Gasteiger partial charge < -0.3 is 14.2 Å². The minimum absolute atomic E-state index is 0.0308. The summed E-state index contributed by atoms with van der Waals surface area (Å²) in [5.41, 5.74) is 1.08. The van der Waals surface area contributed by atoms with Crippen LogP contribution in [0.25, 0.3) is 0 Å². The fraction of sp³-hybridized carbons (Fsp3) is 0.333. The van der Waals surface area contributed by atoms with E-state index in [1.165, 1.54) is 20.3 Å². The second-order valence-electron chi connectivity index (χ2n) is 5.22. The van der Waals surface area contributed by atoms with Crippen LogP contribution in [0.1, 0.15) is 12.5 Å². The Balaban J connectivity index is 2.02. The predicted octanol–water partition coefficient (Wildman–Crippen LogP) is 2.62. The Morgan fingerprint density at radius 3 is 2.44 bits per heavy atom. The van der Waals surface area contributed by atoms with Crippen LogP contribution in [0.3, 0.4) is 0 Å². The van der Waals surface area contributed by atoms with Crippen LogP contribution in [0.4, 0.5) is 0 Å². The molecule has 0 aromatic heterocycles. The molecular formula is C18H23NO5S. The Labute approximate surface area is 148 Å². The Morgan fingerprint density at radius 1 is 1.00 bits per heavy atom. The number of para-hydroxylation sites is 1. The molecule has 0 spiro atoms. The average molecular weight is 365 g/mol. The van der Waals surface area contributed by atoms with Crippen LogP contribution in [0.2, 0.25) is 0 Å². The SMILES string of the molecule is CCc1ccccc1OCCNS(=O)(=O)c1cc(OC)ccc1OC. The molecule has 0 heterocycles. The monoisotopic (exact) mass is 365 g/mol. The van der Waals surface area contributed by atoms with Gasteiger partial charge in [0, 0.05) is 12.6 Å². The Hall–Kier alpha value is -2.25. The summed E-state index contributed by atoms with van der Waals surface area (Å²) in [5.74, 6) is 1.46. The summed E-state index contributed by atoms with van der Waals surface area (Å²) in [5, 5.41) is 0. The average Bonchev–Trinajstić information content (AvgIpc) is 2.65. The zero-order chi connectivity index (χ0) is 18.3. The van der Waals surface area contributed by atoms with Gasteiger partial charge in [0.1, 0.15) is 28.8 Å². The normalized spacial score (nSPS) is 11.2. The first-order valence-corrected chi connectivity index (χ1v) is 9.42. The summed E-state index contributed by atoms with van der Waals surface area (Å²) >= 11 is 0. The molecular weight excluding hydrogens is 342 g/mol. The molecule has 25 heavy (non-hydrogen) atoms. The number of benzene rings is 2. The molecule has 0 aliphatic heterocycles. The molecule has 0 saturated carbocycles. The smallest absolute Gasteiger partial charge is 0.244 e. The molecule has 2 rings (SSSR count). The highest BCUT2D eigenvalue weighted by Crippen LogP contribution is 2.27. The first-order chi connectivity index (χ1) is 12.0. The van der Waals surface area contributed by atoms with E-state index in [1.54, 1.807) is 12.1 Å². The highest BCUT2D eigenvalue weighted by molar-refractivity contribution is 7.89. The molecule has 0 bridgehead atoms. The van der Waals surface area contributed by atoms with Crippen molar-refractivity contribution in [1.82, 2.24) is 4.72 Å². The van der Waals surface area contributed by atoms with Gasteiger partial charge in [0.15, 0.2) is 0 Å². The molecule has 1 N–H and O–H groups in total. The van der Waals surface area contributed by atoms with Crippen LogP contribution in [-0.2, 0) is 16.4 Å². The van der Waals surface area contributed by atoms with Crippen molar-refractivity contribution >= 4 is 10.0 Å². The van der Waals surface area contributed by atoms with Gasteiger partial charge in [0.25, 0.3) is 0 Å². The van der Waals surface area contributed by atoms with Crippen molar-refractivity contribution in [2.75, 3.05) is 27.4 Å². The Morgan fingerprint density at radius 2 is 1.76 bits per heavy atom. The lowest BCUT2D eigenvalue weighted by atomic mass is 10.1. The Kier molecular flexibility index (Phi) is 6.66. The maximum Gasteiger partial charge on any atom is 0.244 e. The maximum atomic E-state index is 12.5. The molecule has 2 aromatic carbocycles. The van der Waals surface area contributed by atoms with Gasteiger partial charge in [0.2, 0.25) is 10.0 Å².